The van der Waals surface area contributed by atoms with Crippen LogP contribution in [0.2, 0.25) is 0 Å². The van der Waals surface area contributed by atoms with E-state index in [4.69, 9.17) is 21.6 Å². The lowest BCUT2D eigenvalue weighted by Crippen LogP contribution is -2.08. The summed E-state index contributed by atoms with van der Waals surface area (Å²) < 4.78 is 6.11. The lowest BCUT2D eigenvalue weighted by atomic mass is 9.89. The molecule has 0 aliphatic heterocycles. The maximum atomic E-state index is 12.5. The highest BCUT2D eigenvalue weighted by molar-refractivity contribution is 7.71. The van der Waals surface area contributed by atoms with Gasteiger partial charge in [0.2, 0.25) is 0 Å². The number of thiophene rings is 1. The molecule has 3 heterocycles. The SMILES string of the molecule is C[C@H]1CCc2c(sc3nc(-c4cc5ccccc5oc4=O)[nH]c(=S)c23)C1. The Morgan fingerprint density at radius 2 is 2.19 bits per heavy atom. The summed E-state index contributed by atoms with van der Waals surface area (Å²) in [7, 11) is 0. The largest absolute Gasteiger partial charge is 0.422 e. The Balaban J connectivity index is 1.75. The van der Waals surface area contributed by atoms with Crippen molar-refractivity contribution in [1.29, 1.82) is 0 Å². The average Bonchev–Trinajstić information content (AvgIpc) is 2.98. The smallest absolute Gasteiger partial charge is 0.347 e. The van der Waals surface area contributed by atoms with Crippen molar-refractivity contribution in [2.24, 2.45) is 5.92 Å². The van der Waals surface area contributed by atoms with Crippen molar-refractivity contribution in [3.8, 4) is 11.4 Å². The molecule has 0 fully saturated rings. The molecular weight excluding hydrogens is 364 g/mol. The van der Waals surface area contributed by atoms with Crippen molar-refractivity contribution in [2.45, 2.75) is 26.2 Å². The Morgan fingerprint density at radius 3 is 3.08 bits per heavy atom. The van der Waals surface area contributed by atoms with E-state index in [1.54, 1.807) is 17.4 Å². The quantitative estimate of drug-likeness (QED) is 0.362. The topological polar surface area (TPSA) is 58.9 Å². The zero-order valence-electron chi connectivity index (χ0n) is 14.2. The number of fused-ring (bicyclic) bond motifs is 4. The van der Waals surface area contributed by atoms with Crippen LogP contribution >= 0.6 is 23.6 Å². The van der Waals surface area contributed by atoms with Gasteiger partial charge < -0.3 is 9.40 Å². The summed E-state index contributed by atoms with van der Waals surface area (Å²) in [5, 5.41) is 1.92. The minimum Gasteiger partial charge on any atom is -0.422 e. The van der Waals surface area contributed by atoms with E-state index in [1.807, 2.05) is 24.3 Å². The minimum atomic E-state index is -0.406. The number of para-hydroxylation sites is 1. The molecule has 1 aliphatic carbocycles. The first-order valence-electron chi connectivity index (χ1n) is 8.68. The van der Waals surface area contributed by atoms with Crippen LogP contribution < -0.4 is 5.63 Å². The monoisotopic (exact) mass is 380 g/mol. The van der Waals surface area contributed by atoms with Gasteiger partial charge in [0.25, 0.3) is 0 Å². The molecule has 1 aromatic carbocycles. The van der Waals surface area contributed by atoms with Gasteiger partial charge >= 0.3 is 5.63 Å². The Morgan fingerprint density at radius 1 is 1.35 bits per heavy atom. The molecule has 0 saturated carbocycles. The molecule has 4 aromatic rings. The predicted molar refractivity (Wildman–Crippen MR) is 107 cm³/mol. The van der Waals surface area contributed by atoms with Crippen LogP contribution in [-0.2, 0) is 12.8 Å². The first-order chi connectivity index (χ1) is 12.6. The van der Waals surface area contributed by atoms with Gasteiger partial charge in [0.15, 0.2) is 0 Å². The van der Waals surface area contributed by atoms with E-state index in [9.17, 15) is 4.79 Å². The molecule has 0 radical (unpaired) electrons. The molecule has 0 saturated heterocycles. The first kappa shape index (κ1) is 15.9. The van der Waals surface area contributed by atoms with Gasteiger partial charge in [-0.2, -0.15) is 0 Å². The second-order valence-corrected chi connectivity index (χ2v) is 8.42. The number of benzene rings is 1. The van der Waals surface area contributed by atoms with Gasteiger partial charge in [0.05, 0.1) is 0 Å². The Kier molecular flexibility index (Phi) is 3.58. The van der Waals surface area contributed by atoms with E-state index in [-0.39, 0.29) is 0 Å². The highest BCUT2D eigenvalue weighted by Crippen LogP contribution is 2.38. The van der Waals surface area contributed by atoms with Crippen LogP contribution in [0.3, 0.4) is 0 Å². The van der Waals surface area contributed by atoms with Gasteiger partial charge in [-0.1, -0.05) is 37.3 Å². The van der Waals surface area contributed by atoms with Gasteiger partial charge in [-0.3, -0.25) is 0 Å². The summed E-state index contributed by atoms with van der Waals surface area (Å²) in [5.74, 6) is 1.17. The van der Waals surface area contributed by atoms with Crippen LogP contribution in [0.15, 0.2) is 39.5 Å². The number of nitrogens with zero attached hydrogens (tertiary/aromatic N) is 1. The average molecular weight is 380 g/mol. The van der Waals surface area contributed by atoms with E-state index in [0.717, 1.165) is 28.4 Å². The fraction of sp³-hybridized carbons (Fsp3) is 0.250. The Labute approximate surface area is 158 Å². The second kappa shape index (κ2) is 5.86. The van der Waals surface area contributed by atoms with E-state index in [2.05, 4.69) is 11.9 Å². The summed E-state index contributed by atoms with van der Waals surface area (Å²) >= 11 is 7.33. The zero-order chi connectivity index (χ0) is 17.8. The molecular formula is C20H16N2O2S2. The third-order valence-electron chi connectivity index (χ3n) is 5.06. The van der Waals surface area contributed by atoms with E-state index in [0.29, 0.717) is 27.5 Å². The predicted octanol–water partition coefficient (Wildman–Crippen LogP) is 5.25. The van der Waals surface area contributed by atoms with Crippen molar-refractivity contribution in [2.75, 3.05) is 0 Å². The Bertz CT molecular complexity index is 1280. The molecule has 1 N–H and O–H groups in total. The highest BCUT2D eigenvalue weighted by atomic mass is 32.1. The highest BCUT2D eigenvalue weighted by Gasteiger charge is 2.22. The van der Waals surface area contributed by atoms with Gasteiger partial charge in [-0.05, 0) is 42.9 Å². The van der Waals surface area contributed by atoms with E-state index < -0.39 is 5.63 Å². The van der Waals surface area contributed by atoms with Gasteiger partial charge in [-0.15, -0.1) is 11.3 Å². The van der Waals surface area contributed by atoms with Gasteiger partial charge in [0, 0.05) is 15.6 Å². The van der Waals surface area contributed by atoms with Crippen LogP contribution in [0, 0.1) is 10.6 Å². The third-order valence-corrected chi connectivity index (χ3v) is 6.52. The van der Waals surface area contributed by atoms with E-state index in [1.165, 1.54) is 16.9 Å². The number of hydrogen-bond donors (Lipinski definition) is 1. The fourth-order valence-electron chi connectivity index (χ4n) is 3.70. The lowest BCUT2D eigenvalue weighted by Gasteiger charge is -2.17. The molecule has 130 valence electrons. The van der Waals surface area contributed by atoms with Crippen molar-refractivity contribution < 1.29 is 4.42 Å². The molecule has 0 amide bonds. The minimum absolute atomic E-state index is 0.406. The van der Waals surface area contributed by atoms with E-state index >= 15 is 0 Å². The summed E-state index contributed by atoms with van der Waals surface area (Å²) in [6, 6.07) is 9.28. The number of hydrogen-bond acceptors (Lipinski definition) is 5. The fourth-order valence-corrected chi connectivity index (χ4v) is 5.48. The van der Waals surface area contributed by atoms with Crippen LogP contribution in [0.4, 0.5) is 0 Å². The Hall–Kier alpha value is -2.31. The number of aromatic amines is 1. The number of aromatic nitrogens is 2. The van der Waals surface area contributed by atoms with Crippen molar-refractivity contribution in [3.05, 3.63) is 55.8 Å². The standard InChI is InChI=1S/C20H16N2O2S2/c1-10-6-7-12-15(8-10)26-19-16(12)18(25)21-17(22-19)13-9-11-4-2-3-5-14(11)24-20(13)23/h2-5,9-10H,6-8H2,1H3,(H,21,22,25)/t10-/m0/s1. The number of nitrogens with one attached hydrogen (secondary N) is 1. The molecule has 6 heteroatoms. The van der Waals surface area contributed by atoms with Crippen LogP contribution in [-0.4, -0.2) is 9.97 Å². The second-order valence-electron chi connectivity index (χ2n) is 6.93. The summed E-state index contributed by atoms with van der Waals surface area (Å²) in [6.45, 7) is 2.28. The zero-order valence-corrected chi connectivity index (χ0v) is 15.8. The molecule has 4 nitrogen and oxygen atoms in total. The molecule has 0 unspecified atom stereocenters. The molecule has 0 spiro atoms. The number of rotatable bonds is 1. The van der Waals surface area contributed by atoms with Crippen LogP contribution in [0.25, 0.3) is 32.6 Å². The molecule has 0 bridgehead atoms. The molecule has 3 aromatic heterocycles. The molecule has 5 rings (SSSR count). The van der Waals surface area contributed by atoms with Crippen LogP contribution in [0.5, 0.6) is 0 Å². The van der Waals surface area contributed by atoms with Gasteiger partial charge in [0.1, 0.15) is 26.4 Å². The maximum Gasteiger partial charge on any atom is 0.347 e. The van der Waals surface area contributed by atoms with Crippen LogP contribution in [0.1, 0.15) is 23.8 Å². The summed E-state index contributed by atoms with van der Waals surface area (Å²) in [4.78, 5) is 22.7. The number of H-pyrrole nitrogens is 1. The van der Waals surface area contributed by atoms with Gasteiger partial charge in [-0.25, -0.2) is 9.78 Å². The normalized spacial score (nSPS) is 16.9. The molecule has 1 aliphatic rings. The third kappa shape index (κ3) is 2.44. The number of aryl methyl sites for hydroxylation is 1. The lowest BCUT2D eigenvalue weighted by molar-refractivity contribution is 0.509. The maximum absolute atomic E-state index is 12.5. The van der Waals surface area contributed by atoms with Crippen molar-refractivity contribution in [1.82, 2.24) is 9.97 Å². The van der Waals surface area contributed by atoms with Crippen molar-refractivity contribution >= 4 is 44.7 Å². The molecule has 26 heavy (non-hydrogen) atoms. The van der Waals surface area contributed by atoms with Crippen molar-refractivity contribution in [3.63, 3.8) is 0 Å². The molecule has 1 atom stereocenters. The summed E-state index contributed by atoms with van der Waals surface area (Å²) in [5.41, 5.74) is 1.92. The first-order valence-corrected chi connectivity index (χ1v) is 9.90. The summed E-state index contributed by atoms with van der Waals surface area (Å²) in [6.07, 6.45) is 3.31.